The fourth-order valence-electron chi connectivity index (χ4n) is 1.25. The SMILES string of the molecule is CCNC(=O)CCNCC(O)COCC(C)C. The average molecular weight is 246 g/mol. The predicted molar refractivity (Wildman–Crippen MR) is 67.8 cm³/mol. The van der Waals surface area contributed by atoms with Crippen molar-refractivity contribution in [1.29, 1.82) is 0 Å². The molecule has 0 aromatic carbocycles. The van der Waals surface area contributed by atoms with Gasteiger partial charge >= 0.3 is 0 Å². The number of rotatable bonds is 10. The van der Waals surface area contributed by atoms with Crippen LogP contribution in [0, 0.1) is 5.92 Å². The van der Waals surface area contributed by atoms with Gasteiger partial charge in [0.2, 0.25) is 5.91 Å². The van der Waals surface area contributed by atoms with Gasteiger partial charge in [-0.05, 0) is 12.8 Å². The maximum atomic E-state index is 11.1. The first-order valence-electron chi connectivity index (χ1n) is 6.29. The minimum atomic E-state index is -0.511. The second-order valence-corrected chi connectivity index (χ2v) is 4.49. The molecule has 0 aliphatic rings. The van der Waals surface area contributed by atoms with E-state index in [0.29, 0.717) is 45.2 Å². The van der Waals surface area contributed by atoms with E-state index in [9.17, 15) is 9.90 Å². The quantitative estimate of drug-likeness (QED) is 0.479. The Morgan fingerprint density at radius 3 is 2.65 bits per heavy atom. The molecule has 0 bridgehead atoms. The number of nitrogens with one attached hydrogen (secondary N) is 2. The molecule has 5 heteroatoms. The third kappa shape index (κ3) is 11.6. The summed E-state index contributed by atoms with van der Waals surface area (Å²) in [5.41, 5.74) is 0. The van der Waals surface area contributed by atoms with Crippen molar-refractivity contribution in [1.82, 2.24) is 10.6 Å². The van der Waals surface area contributed by atoms with Crippen molar-refractivity contribution in [3.63, 3.8) is 0 Å². The molecule has 1 unspecified atom stereocenters. The van der Waals surface area contributed by atoms with Crippen LogP contribution in [0.2, 0.25) is 0 Å². The van der Waals surface area contributed by atoms with Gasteiger partial charge in [0.1, 0.15) is 0 Å². The number of hydrogen-bond donors (Lipinski definition) is 3. The van der Waals surface area contributed by atoms with Gasteiger partial charge in [0.15, 0.2) is 0 Å². The van der Waals surface area contributed by atoms with Gasteiger partial charge in [0.05, 0.1) is 12.7 Å². The lowest BCUT2D eigenvalue weighted by Gasteiger charge is -2.13. The second-order valence-electron chi connectivity index (χ2n) is 4.49. The number of ether oxygens (including phenoxy) is 1. The van der Waals surface area contributed by atoms with Crippen molar-refractivity contribution in [2.75, 3.05) is 32.8 Å². The first-order valence-corrected chi connectivity index (χ1v) is 6.29. The van der Waals surface area contributed by atoms with Gasteiger partial charge < -0.3 is 20.5 Å². The summed E-state index contributed by atoms with van der Waals surface area (Å²) >= 11 is 0. The van der Waals surface area contributed by atoms with Gasteiger partial charge in [-0.15, -0.1) is 0 Å². The highest BCUT2D eigenvalue weighted by molar-refractivity contribution is 5.75. The number of hydrogen-bond acceptors (Lipinski definition) is 4. The normalized spacial score (nSPS) is 12.8. The smallest absolute Gasteiger partial charge is 0.221 e. The first kappa shape index (κ1) is 16.4. The molecule has 0 aliphatic heterocycles. The topological polar surface area (TPSA) is 70.6 Å². The third-order valence-corrected chi connectivity index (χ3v) is 2.04. The van der Waals surface area contributed by atoms with Crippen molar-refractivity contribution < 1.29 is 14.6 Å². The minimum absolute atomic E-state index is 0.0329. The Morgan fingerprint density at radius 1 is 1.35 bits per heavy atom. The number of aliphatic hydroxyl groups is 1. The highest BCUT2D eigenvalue weighted by Crippen LogP contribution is 1.93. The average Bonchev–Trinajstić information content (AvgIpc) is 2.24. The third-order valence-electron chi connectivity index (χ3n) is 2.04. The lowest BCUT2D eigenvalue weighted by atomic mass is 10.2. The van der Waals surface area contributed by atoms with E-state index in [-0.39, 0.29) is 5.91 Å². The molecular weight excluding hydrogens is 220 g/mol. The molecule has 0 aromatic heterocycles. The molecule has 3 N–H and O–H groups in total. The Kier molecular flexibility index (Phi) is 10.1. The molecule has 1 amide bonds. The van der Waals surface area contributed by atoms with Crippen LogP contribution < -0.4 is 10.6 Å². The Bertz CT molecular complexity index is 198. The zero-order chi connectivity index (χ0) is 13.1. The maximum absolute atomic E-state index is 11.1. The van der Waals surface area contributed by atoms with E-state index in [0.717, 1.165) is 0 Å². The van der Waals surface area contributed by atoms with Crippen LogP contribution in [0.3, 0.4) is 0 Å². The van der Waals surface area contributed by atoms with Crippen LogP contribution in [0.15, 0.2) is 0 Å². The van der Waals surface area contributed by atoms with Crippen LogP contribution in [0.25, 0.3) is 0 Å². The summed E-state index contributed by atoms with van der Waals surface area (Å²) in [6, 6.07) is 0. The monoisotopic (exact) mass is 246 g/mol. The standard InChI is InChI=1S/C12H26N2O3/c1-4-14-12(16)5-6-13-7-11(15)9-17-8-10(2)3/h10-11,13,15H,4-9H2,1-3H3,(H,14,16). The van der Waals surface area contributed by atoms with Crippen molar-refractivity contribution in [3.05, 3.63) is 0 Å². The molecule has 0 spiro atoms. The molecule has 102 valence electrons. The molecule has 0 saturated heterocycles. The Labute approximate surface area is 104 Å². The summed E-state index contributed by atoms with van der Waals surface area (Å²) < 4.78 is 5.30. The predicted octanol–water partition coefficient (Wildman–Crippen LogP) is 0.136. The molecule has 0 aliphatic carbocycles. The van der Waals surface area contributed by atoms with Gasteiger partial charge in [-0.25, -0.2) is 0 Å². The Hall–Kier alpha value is -0.650. The van der Waals surface area contributed by atoms with Crippen LogP contribution in [0.4, 0.5) is 0 Å². The second kappa shape index (κ2) is 10.5. The highest BCUT2D eigenvalue weighted by Gasteiger charge is 2.05. The van der Waals surface area contributed by atoms with E-state index in [1.807, 2.05) is 6.92 Å². The van der Waals surface area contributed by atoms with Crippen molar-refractivity contribution in [3.8, 4) is 0 Å². The summed E-state index contributed by atoms with van der Waals surface area (Å²) in [4.78, 5) is 11.1. The van der Waals surface area contributed by atoms with Crippen LogP contribution in [0.1, 0.15) is 27.2 Å². The lowest BCUT2D eigenvalue weighted by molar-refractivity contribution is -0.120. The van der Waals surface area contributed by atoms with E-state index in [1.54, 1.807) is 0 Å². The molecule has 5 nitrogen and oxygen atoms in total. The number of carbonyl (C=O) groups is 1. The Morgan fingerprint density at radius 2 is 2.06 bits per heavy atom. The van der Waals surface area contributed by atoms with Crippen molar-refractivity contribution in [2.24, 2.45) is 5.92 Å². The van der Waals surface area contributed by atoms with Crippen molar-refractivity contribution in [2.45, 2.75) is 33.3 Å². The van der Waals surface area contributed by atoms with Crippen LogP contribution in [0.5, 0.6) is 0 Å². The summed E-state index contributed by atoms with van der Waals surface area (Å²) in [6.07, 6.45) is -0.0732. The van der Waals surface area contributed by atoms with E-state index in [4.69, 9.17) is 4.74 Å². The van der Waals surface area contributed by atoms with Crippen LogP contribution in [-0.2, 0) is 9.53 Å². The van der Waals surface area contributed by atoms with Crippen LogP contribution in [-0.4, -0.2) is 50.0 Å². The molecular formula is C12H26N2O3. The lowest BCUT2D eigenvalue weighted by Crippen LogP contribution is -2.33. The summed E-state index contributed by atoms with van der Waals surface area (Å²) in [5, 5.41) is 15.3. The van der Waals surface area contributed by atoms with Crippen molar-refractivity contribution >= 4 is 5.91 Å². The molecule has 0 heterocycles. The molecule has 0 rings (SSSR count). The summed E-state index contributed by atoms with van der Waals surface area (Å²) in [7, 11) is 0. The van der Waals surface area contributed by atoms with Gasteiger partial charge in [0, 0.05) is 32.7 Å². The van der Waals surface area contributed by atoms with Gasteiger partial charge in [-0.3, -0.25) is 4.79 Å². The number of amides is 1. The minimum Gasteiger partial charge on any atom is -0.389 e. The maximum Gasteiger partial charge on any atom is 0.221 e. The van der Waals surface area contributed by atoms with Gasteiger partial charge in [-0.2, -0.15) is 0 Å². The van der Waals surface area contributed by atoms with Gasteiger partial charge in [0.25, 0.3) is 0 Å². The van der Waals surface area contributed by atoms with Gasteiger partial charge in [-0.1, -0.05) is 13.8 Å². The van der Waals surface area contributed by atoms with E-state index in [2.05, 4.69) is 24.5 Å². The highest BCUT2D eigenvalue weighted by atomic mass is 16.5. The zero-order valence-electron chi connectivity index (χ0n) is 11.2. The van der Waals surface area contributed by atoms with E-state index < -0.39 is 6.10 Å². The molecule has 0 radical (unpaired) electrons. The largest absolute Gasteiger partial charge is 0.389 e. The number of aliphatic hydroxyl groups excluding tert-OH is 1. The summed E-state index contributed by atoms with van der Waals surface area (Å²) in [6.45, 7) is 8.71. The Balaban J connectivity index is 3.32. The van der Waals surface area contributed by atoms with E-state index >= 15 is 0 Å². The molecule has 0 aromatic rings. The first-order chi connectivity index (χ1) is 8.06. The molecule has 0 saturated carbocycles. The van der Waals surface area contributed by atoms with E-state index in [1.165, 1.54) is 0 Å². The van der Waals surface area contributed by atoms with Crippen LogP contribution >= 0.6 is 0 Å². The molecule has 1 atom stereocenters. The molecule has 17 heavy (non-hydrogen) atoms. The fourth-order valence-corrected chi connectivity index (χ4v) is 1.25. The fraction of sp³-hybridized carbons (Fsp3) is 0.917. The molecule has 0 fully saturated rings. The zero-order valence-corrected chi connectivity index (χ0v) is 11.2. The summed E-state index contributed by atoms with van der Waals surface area (Å²) in [5.74, 6) is 0.512. The number of carbonyl (C=O) groups excluding carboxylic acids is 1.